The highest BCUT2D eigenvalue weighted by Crippen LogP contribution is 2.27. The fourth-order valence-electron chi connectivity index (χ4n) is 2.82. The highest BCUT2D eigenvalue weighted by Gasteiger charge is 2.18. The second-order valence-corrected chi connectivity index (χ2v) is 7.24. The lowest BCUT2D eigenvalue weighted by Crippen LogP contribution is -2.30. The topological polar surface area (TPSA) is 87.0 Å². The van der Waals surface area contributed by atoms with E-state index in [0.717, 1.165) is 22.8 Å². The van der Waals surface area contributed by atoms with E-state index in [4.69, 9.17) is 14.2 Å². The first-order valence-corrected chi connectivity index (χ1v) is 10.1. The largest absolute Gasteiger partial charge is 0.497 e. The zero-order valence-corrected chi connectivity index (χ0v) is 17.5. The van der Waals surface area contributed by atoms with Crippen molar-refractivity contribution in [3.63, 3.8) is 0 Å². The number of rotatable bonds is 7. The van der Waals surface area contributed by atoms with Crippen LogP contribution in [0.1, 0.15) is 6.92 Å². The fourth-order valence-corrected chi connectivity index (χ4v) is 3.65. The molecular weight excluding hydrogens is 404 g/mol. The summed E-state index contributed by atoms with van der Waals surface area (Å²) in [6, 6.07) is 14.7. The van der Waals surface area contributed by atoms with Crippen molar-refractivity contribution in [2.24, 2.45) is 0 Å². The molecule has 0 fully saturated rings. The van der Waals surface area contributed by atoms with Crippen molar-refractivity contribution < 1.29 is 19.0 Å². The lowest BCUT2D eigenvalue weighted by Gasteiger charge is -2.13. The molecule has 9 heteroatoms. The Hall–Kier alpha value is -3.59. The van der Waals surface area contributed by atoms with Crippen molar-refractivity contribution >= 4 is 28.2 Å². The molecular formula is C21H20N4O4S. The normalized spacial score (nSPS) is 11.8. The standard InChI is InChI=1S/C21H20N4O4S/c1-13(29-17-10-8-16(28-3)9-11-17)19(26)22-20-23-21-25(24-20)18(12-30-21)14-4-6-15(27-2)7-5-14/h4-13H,1-3H3,(H,22,24,26). The molecule has 0 saturated carbocycles. The first-order chi connectivity index (χ1) is 14.6. The number of ether oxygens (including phenoxy) is 3. The number of fused-ring (bicyclic) bond motifs is 1. The van der Waals surface area contributed by atoms with Gasteiger partial charge in [-0.25, -0.2) is 4.52 Å². The summed E-state index contributed by atoms with van der Waals surface area (Å²) in [6.45, 7) is 1.67. The average molecular weight is 424 g/mol. The fraction of sp³-hybridized carbons (Fsp3) is 0.190. The van der Waals surface area contributed by atoms with Gasteiger partial charge in [-0.15, -0.1) is 16.4 Å². The van der Waals surface area contributed by atoms with E-state index >= 15 is 0 Å². The molecule has 0 aliphatic carbocycles. The Balaban J connectivity index is 1.46. The van der Waals surface area contributed by atoms with E-state index < -0.39 is 6.10 Å². The number of aromatic nitrogens is 3. The second-order valence-electron chi connectivity index (χ2n) is 6.40. The van der Waals surface area contributed by atoms with Gasteiger partial charge in [-0.2, -0.15) is 4.98 Å². The first-order valence-electron chi connectivity index (χ1n) is 9.17. The molecule has 4 rings (SSSR count). The Labute approximate surface area is 177 Å². The van der Waals surface area contributed by atoms with Crippen molar-refractivity contribution in [2.45, 2.75) is 13.0 Å². The number of hydrogen-bond acceptors (Lipinski definition) is 7. The zero-order valence-electron chi connectivity index (χ0n) is 16.7. The van der Waals surface area contributed by atoms with Crippen LogP contribution < -0.4 is 19.5 Å². The summed E-state index contributed by atoms with van der Waals surface area (Å²) in [5.74, 6) is 1.96. The third-order valence-corrected chi connectivity index (χ3v) is 5.26. The number of nitrogens with zero attached hydrogens (tertiary/aromatic N) is 3. The monoisotopic (exact) mass is 424 g/mol. The van der Waals surface area contributed by atoms with E-state index in [0.29, 0.717) is 10.7 Å². The number of nitrogens with one attached hydrogen (secondary N) is 1. The molecule has 1 atom stereocenters. The van der Waals surface area contributed by atoms with Gasteiger partial charge in [0.25, 0.3) is 11.9 Å². The minimum absolute atomic E-state index is 0.229. The van der Waals surface area contributed by atoms with Crippen LogP contribution in [0.25, 0.3) is 16.2 Å². The minimum atomic E-state index is -0.721. The number of amides is 1. The highest BCUT2D eigenvalue weighted by molar-refractivity contribution is 7.15. The first kappa shape index (κ1) is 19.7. The number of hydrogen-bond donors (Lipinski definition) is 1. The molecule has 0 aliphatic heterocycles. The SMILES string of the molecule is COc1ccc(OC(C)C(=O)Nc2nc3scc(-c4ccc(OC)cc4)n3n2)cc1. The Bertz CT molecular complexity index is 1150. The van der Waals surface area contributed by atoms with E-state index in [1.54, 1.807) is 49.9 Å². The van der Waals surface area contributed by atoms with Gasteiger partial charge in [0.15, 0.2) is 6.10 Å². The molecule has 2 aromatic carbocycles. The number of carbonyl (C=O) groups excluding carboxylic acids is 1. The average Bonchev–Trinajstić information content (AvgIpc) is 3.34. The molecule has 1 unspecified atom stereocenters. The number of methoxy groups -OCH3 is 2. The van der Waals surface area contributed by atoms with Gasteiger partial charge in [0.05, 0.1) is 19.9 Å². The van der Waals surface area contributed by atoms with Crippen LogP contribution in [0.2, 0.25) is 0 Å². The van der Waals surface area contributed by atoms with Gasteiger partial charge in [-0.1, -0.05) is 0 Å². The molecule has 0 radical (unpaired) electrons. The van der Waals surface area contributed by atoms with Crippen LogP contribution in [-0.4, -0.2) is 40.8 Å². The Kier molecular flexibility index (Phi) is 5.53. The Morgan fingerprint density at radius 3 is 2.23 bits per heavy atom. The van der Waals surface area contributed by atoms with Crippen LogP contribution in [0.5, 0.6) is 17.2 Å². The van der Waals surface area contributed by atoms with E-state index in [-0.39, 0.29) is 11.9 Å². The quantitative estimate of drug-likeness (QED) is 0.484. The molecule has 1 N–H and O–H groups in total. The molecule has 4 aromatic rings. The number of thiazole rings is 1. The predicted molar refractivity (Wildman–Crippen MR) is 115 cm³/mol. The molecule has 0 saturated heterocycles. The van der Waals surface area contributed by atoms with Crippen LogP contribution in [0.3, 0.4) is 0 Å². The predicted octanol–water partition coefficient (Wildman–Crippen LogP) is 3.88. The van der Waals surface area contributed by atoms with Crippen molar-refractivity contribution in [1.82, 2.24) is 14.6 Å². The van der Waals surface area contributed by atoms with Crippen LogP contribution in [0, 0.1) is 0 Å². The van der Waals surface area contributed by atoms with Crippen LogP contribution in [-0.2, 0) is 4.79 Å². The van der Waals surface area contributed by atoms with Crippen LogP contribution >= 0.6 is 11.3 Å². The zero-order chi connectivity index (χ0) is 21.1. The van der Waals surface area contributed by atoms with Crippen molar-refractivity contribution in [1.29, 1.82) is 0 Å². The molecule has 30 heavy (non-hydrogen) atoms. The second kappa shape index (κ2) is 8.42. The van der Waals surface area contributed by atoms with E-state index in [1.165, 1.54) is 11.3 Å². The van der Waals surface area contributed by atoms with E-state index in [1.807, 2.05) is 29.6 Å². The Morgan fingerprint density at radius 2 is 1.60 bits per heavy atom. The molecule has 2 aromatic heterocycles. The van der Waals surface area contributed by atoms with E-state index in [9.17, 15) is 4.79 Å². The maximum Gasteiger partial charge on any atom is 0.267 e. The highest BCUT2D eigenvalue weighted by atomic mass is 32.1. The summed E-state index contributed by atoms with van der Waals surface area (Å²) in [6.07, 6.45) is -0.721. The summed E-state index contributed by atoms with van der Waals surface area (Å²) in [4.78, 5) is 17.6. The lowest BCUT2D eigenvalue weighted by molar-refractivity contribution is -0.122. The molecule has 0 bridgehead atoms. The molecule has 1 amide bonds. The summed E-state index contributed by atoms with van der Waals surface area (Å²) in [7, 11) is 3.22. The maximum absolute atomic E-state index is 12.5. The lowest BCUT2D eigenvalue weighted by atomic mass is 10.2. The maximum atomic E-state index is 12.5. The number of anilines is 1. The summed E-state index contributed by atoms with van der Waals surface area (Å²) in [5.41, 5.74) is 1.86. The van der Waals surface area contributed by atoms with Crippen molar-refractivity contribution in [2.75, 3.05) is 19.5 Å². The third-order valence-electron chi connectivity index (χ3n) is 4.44. The van der Waals surface area contributed by atoms with Crippen molar-refractivity contribution in [3.8, 4) is 28.5 Å². The number of benzene rings is 2. The van der Waals surface area contributed by atoms with E-state index in [2.05, 4.69) is 15.4 Å². The van der Waals surface area contributed by atoms with Gasteiger partial charge in [-0.3, -0.25) is 10.1 Å². The molecule has 2 heterocycles. The van der Waals surface area contributed by atoms with Gasteiger partial charge >= 0.3 is 0 Å². The molecule has 154 valence electrons. The third kappa shape index (κ3) is 4.06. The summed E-state index contributed by atoms with van der Waals surface area (Å²) < 4.78 is 17.7. The summed E-state index contributed by atoms with van der Waals surface area (Å²) in [5, 5.41) is 9.11. The molecule has 0 aliphatic rings. The smallest absolute Gasteiger partial charge is 0.267 e. The van der Waals surface area contributed by atoms with Gasteiger partial charge in [0.2, 0.25) is 4.96 Å². The molecule has 8 nitrogen and oxygen atoms in total. The molecule has 0 spiro atoms. The van der Waals surface area contributed by atoms with Gasteiger partial charge < -0.3 is 14.2 Å². The van der Waals surface area contributed by atoms with Crippen LogP contribution in [0.15, 0.2) is 53.9 Å². The minimum Gasteiger partial charge on any atom is -0.497 e. The van der Waals surface area contributed by atoms with Gasteiger partial charge in [0, 0.05) is 10.9 Å². The Morgan fingerprint density at radius 1 is 1.00 bits per heavy atom. The summed E-state index contributed by atoms with van der Waals surface area (Å²) >= 11 is 1.44. The van der Waals surface area contributed by atoms with Crippen LogP contribution in [0.4, 0.5) is 5.95 Å². The van der Waals surface area contributed by atoms with Gasteiger partial charge in [-0.05, 0) is 55.5 Å². The number of carbonyl (C=O) groups is 1. The van der Waals surface area contributed by atoms with Gasteiger partial charge in [0.1, 0.15) is 17.2 Å². The van der Waals surface area contributed by atoms with Crippen molar-refractivity contribution in [3.05, 3.63) is 53.9 Å².